The van der Waals surface area contributed by atoms with E-state index in [0.717, 1.165) is 9.35 Å². The van der Waals surface area contributed by atoms with Crippen LogP contribution >= 0.6 is 38.9 Å². The summed E-state index contributed by atoms with van der Waals surface area (Å²) in [4.78, 5) is 0.00696. The SMILES string of the molecule is CN(Cc1csc(Br)c1)S(=O)(=O)c1cc(CO)ccc1Cl. The lowest BCUT2D eigenvalue weighted by Gasteiger charge is -2.18. The molecule has 0 amide bonds. The third kappa shape index (κ3) is 3.85. The van der Waals surface area contributed by atoms with Gasteiger partial charge in [-0.05, 0) is 50.6 Å². The van der Waals surface area contributed by atoms with Gasteiger partial charge in [0, 0.05) is 13.6 Å². The molecule has 4 nitrogen and oxygen atoms in total. The number of rotatable bonds is 5. The van der Waals surface area contributed by atoms with E-state index < -0.39 is 10.0 Å². The molecule has 0 saturated carbocycles. The van der Waals surface area contributed by atoms with Crippen LogP contribution in [0, 0.1) is 0 Å². The molecule has 1 aromatic carbocycles. The fourth-order valence-electron chi connectivity index (χ4n) is 1.78. The van der Waals surface area contributed by atoms with Gasteiger partial charge in [0.2, 0.25) is 10.0 Å². The second kappa shape index (κ2) is 6.76. The third-order valence-electron chi connectivity index (χ3n) is 2.89. The maximum absolute atomic E-state index is 12.6. The van der Waals surface area contributed by atoms with Gasteiger partial charge >= 0.3 is 0 Å². The van der Waals surface area contributed by atoms with Crippen LogP contribution in [-0.4, -0.2) is 24.9 Å². The monoisotopic (exact) mass is 409 g/mol. The first-order chi connectivity index (χ1) is 9.84. The van der Waals surface area contributed by atoms with Crippen molar-refractivity contribution in [3.05, 3.63) is 49.6 Å². The lowest BCUT2D eigenvalue weighted by atomic mass is 10.2. The summed E-state index contributed by atoms with van der Waals surface area (Å²) in [7, 11) is -2.21. The first kappa shape index (κ1) is 16.9. The molecule has 2 aromatic rings. The zero-order chi connectivity index (χ0) is 15.6. The van der Waals surface area contributed by atoms with Crippen LogP contribution < -0.4 is 0 Å². The number of halogens is 2. The van der Waals surface area contributed by atoms with Crippen molar-refractivity contribution < 1.29 is 13.5 Å². The Morgan fingerprint density at radius 1 is 1.33 bits per heavy atom. The molecular formula is C13H13BrClNO3S2. The standard InChI is InChI=1S/C13H13BrClNO3S2/c1-16(6-10-5-13(14)20-8-10)21(18,19)12-4-9(7-17)2-3-11(12)15/h2-5,8,17H,6-7H2,1H3. The van der Waals surface area contributed by atoms with E-state index in [4.69, 9.17) is 16.7 Å². The number of aliphatic hydroxyl groups excluding tert-OH is 1. The summed E-state index contributed by atoms with van der Waals surface area (Å²) in [5.41, 5.74) is 1.40. The number of sulfonamides is 1. The van der Waals surface area contributed by atoms with E-state index in [-0.39, 0.29) is 23.1 Å². The van der Waals surface area contributed by atoms with Crippen molar-refractivity contribution in [3.63, 3.8) is 0 Å². The smallest absolute Gasteiger partial charge is 0.244 e. The Morgan fingerprint density at radius 2 is 2.05 bits per heavy atom. The molecule has 0 radical (unpaired) electrons. The highest BCUT2D eigenvalue weighted by Crippen LogP contribution is 2.27. The number of hydrogen-bond donors (Lipinski definition) is 1. The Morgan fingerprint density at radius 3 is 2.62 bits per heavy atom. The maximum atomic E-state index is 12.6. The van der Waals surface area contributed by atoms with Crippen LogP contribution in [0.15, 0.2) is 38.3 Å². The van der Waals surface area contributed by atoms with Gasteiger partial charge < -0.3 is 5.11 Å². The Balaban J connectivity index is 2.32. The van der Waals surface area contributed by atoms with E-state index in [2.05, 4.69) is 15.9 Å². The summed E-state index contributed by atoms with van der Waals surface area (Å²) in [5.74, 6) is 0. The van der Waals surface area contributed by atoms with Crippen molar-refractivity contribution in [2.24, 2.45) is 0 Å². The highest BCUT2D eigenvalue weighted by atomic mass is 79.9. The van der Waals surface area contributed by atoms with Crippen LogP contribution in [0.25, 0.3) is 0 Å². The molecule has 8 heteroatoms. The van der Waals surface area contributed by atoms with Gasteiger partial charge in [-0.3, -0.25) is 0 Å². The molecule has 0 saturated heterocycles. The Kier molecular flexibility index (Phi) is 5.45. The lowest BCUT2D eigenvalue weighted by Crippen LogP contribution is -2.26. The quantitative estimate of drug-likeness (QED) is 0.821. The zero-order valence-electron chi connectivity index (χ0n) is 11.1. The average Bonchev–Trinajstić information content (AvgIpc) is 2.84. The number of hydrogen-bond acceptors (Lipinski definition) is 4. The van der Waals surface area contributed by atoms with Gasteiger partial charge in [-0.15, -0.1) is 11.3 Å². The topological polar surface area (TPSA) is 57.6 Å². The van der Waals surface area contributed by atoms with Gasteiger partial charge in [-0.1, -0.05) is 17.7 Å². The van der Waals surface area contributed by atoms with E-state index >= 15 is 0 Å². The minimum atomic E-state index is -3.71. The Hall–Kier alpha value is -0.440. The molecule has 1 N–H and O–H groups in total. The first-order valence-electron chi connectivity index (χ1n) is 5.93. The molecule has 1 aromatic heterocycles. The average molecular weight is 411 g/mol. The summed E-state index contributed by atoms with van der Waals surface area (Å²) >= 11 is 10.8. The molecular weight excluding hydrogens is 398 g/mol. The third-order valence-corrected chi connectivity index (χ3v) is 6.73. The molecule has 0 aliphatic heterocycles. The lowest BCUT2D eigenvalue weighted by molar-refractivity contribution is 0.281. The minimum absolute atomic E-state index is 0.00696. The molecule has 2 rings (SSSR count). The normalized spacial score (nSPS) is 12.0. The highest BCUT2D eigenvalue weighted by molar-refractivity contribution is 9.11. The summed E-state index contributed by atoms with van der Waals surface area (Å²) in [6.45, 7) is 0.0188. The predicted molar refractivity (Wildman–Crippen MR) is 88.0 cm³/mol. The van der Waals surface area contributed by atoms with Crippen molar-refractivity contribution in [3.8, 4) is 0 Å². The number of aliphatic hydroxyl groups is 1. The summed E-state index contributed by atoms with van der Waals surface area (Å²) in [5, 5.41) is 11.2. The zero-order valence-corrected chi connectivity index (χ0v) is 15.1. The van der Waals surface area contributed by atoms with E-state index in [0.29, 0.717) is 5.56 Å². The summed E-state index contributed by atoms with van der Waals surface area (Å²) in [6.07, 6.45) is 0. The molecule has 21 heavy (non-hydrogen) atoms. The van der Waals surface area contributed by atoms with Crippen molar-refractivity contribution in [2.45, 2.75) is 18.0 Å². The summed E-state index contributed by atoms with van der Waals surface area (Å²) in [6, 6.07) is 6.35. The van der Waals surface area contributed by atoms with Crippen LogP contribution in [0.4, 0.5) is 0 Å². The Labute approximate surface area is 141 Å². The van der Waals surface area contributed by atoms with Gasteiger partial charge in [-0.2, -0.15) is 4.31 Å². The predicted octanol–water partition coefficient (Wildman–Crippen LogP) is 3.48. The Bertz CT molecular complexity index is 746. The van der Waals surface area contributed by atoms with Crippen LogP contribution in [0.2, 0.25) is 5.02 Å². The van der Waals surface area contributed by atoms with Gasteiger partial charge in [0.05, 0.1) is 15.4 Å². The van der Waals surface area contributed by atoms with Crippen molar-refractivity contribution >= 4 is 48.9 Å². The van der Waals surface area contributed by atoms with Crippen LogP contribution in [-0.2, 0) is 23.2 Å². The molecule has 0 bridgehead atoms. The number of thiophene rings is 1. The van der Waals surface area contributed by atoms with Crippen LogP contribution in [0.5, 0.6) is 0 Å². The van der Waals surface area contributed by atoms with Gasteiger partial charge in [0.25, 0.3) is 0 Å². The van der Waals surface area contributed by atoms with E-state index in [9.17, 15) is 8.42 Å². The van der Waals surface area contributed by atoms with Crippen molar-refractivity contribution in [1.29, 1.82) is 0 Å². The second-order valence-electron chi connectivity index (χ2n) is 4.44. The van der Waals surface area contributed by atoms with E-state index in [1.165, 1.54) is 34.8 Å². The van der Waals surface area contributed by atoms with Crippen molar-refractivity contribution in [2.75, 3.05) is 7.05 Å². The van der Waals surface area contributed by atoms with Gasteiger partial charge in [-0.25, -0.2) is 8.42 Å². The fourth-order valence-corrected chi connectivity index (χ4v) is 4.66. The molecule has 0 aliphatic carbocycles. The highest BCUT2D eigenvalue weighted by Gasteiger charge is 2.24. The molecule has 1 heterocycles. The number of nitrogens with zero attached hydrogens (tertiary/aromatic N) is 1. The summed E-state index contributed by atoms with van der Waals surface area (Å²) < 4.78 is 27.4. The van der Waals surface area contributed by atoms with Gasteiger partial charge in [0.15, 0.2) is 0 Å². The minimum Gasteiger partial charge on any atom is -0.392 e. The molecule has 0 unspecified atom stereocenters. The maximum Gasteiger partial charge on any atom is 0.244 e. The first-order valence-corrected chi connectivity index (χ1v) is 9.42. The van der Waals surface area contributed by atoms with Crippen LogP contribution in [0.1, 0.15) is 11.1 Å². The van der Waals surface area contributed by atoms with E-state index in [1.807, 2.05) is 11.4 Å². The fraction of sp³-hybridized carbons (Fsp3) is 0.231. The number of benzene rings is 1. The largest absolute Gasteiger partial charge is 0.392 e. The van der Waals surface area contributed by atoms with Gasteiger partial charge in [0.1, 0.15) is 4.90 Å². The molecule has 114 valence electrons. The molecule has 0 fully saturated rings. The molecule has 0 aliphatic rings. The van der Waals surface area contributed by atoms with Crippen molar-refractivity contribution in [1.82, 2.24) is 4.31 Å². The van der Waals surface area contributed by atoms with Crippen LogP contribution in [0.3, 0.4) is 0 Å². The van der Waals surface area contributed by atoms with E-state index in [1.54, 1.807) is 6.07 Å². The second-order valence-corrected chi connectivity index (χ2v) is 9.15. The molecule has 0 spiro atoms. The molecule has 0 atom stereocenters.